The molecule has 0 radical (unpaired) electrons. The Kier molecular flexibility index (Phi) is 4.83. The highest BCUT2D eigenvalue weighted by Crippen LogP contribution is 2.29. The van der Waals surface area contributed by atoms with E-state index in [-0.39, 0.29) is 6.04 Å². The fourth-order valence-electron chi connectivity index (χ4n) is 2.44. The molecule has 3 rings (SSSR count). The lowest BCUT2D eigenvalue weighted by Gasteiger charge is -2.26. The summed E-state index contributed by atoms with van der Waals surface area (Å²) < 4.78 is 1.21. The van der Waals surface area contributed by atoms with Gasteiger partial charge in [0.05, 0.1) is 16.3 Å². The molecular formula is C19H21N3S2. The topological polar surface area (TPSA) is 28.2 Å². The quantitative estimate of drug-likeness (QED) is 0.645. The van der Waals surface area contributed by atoms with Crippen molar-refractivity contribution in [2.75, 3.05) is 12.4 Å². The molecule has 1 atom stereocenters. The zero-order chi connectivity index (χ0) is 17.3. The number of thiocarbonyl (C=S) groups is 1. The minimum absolute atomic E-state index is 0.119. The van der Waals surface area contributed by atoms with Gasteiger partial charge in [-0.1, -0.05) is 18.2 Å². The normalized spacial score (nSPS) is 12.2. The van der Waals surface area contributed by atoms with Gasteiger partial charge in [-0.3, -0.25) is 0 Å². The summed E-state index contributed by atoms with van der Waals surface area (Å²) in [5, 5.41) is 5.10. The van der Waals surface area contributed by atoms with Gasteiger partial charge in [0.1, 0.15) is 5.01 Å². The van der Waals surface area contributed by atoms with Crippen molar-refractivity contribution in [1.29, 1.82) is 0 Å². The highest BCUT2D eigenvalue weighted by Gasteiger charge is 2.18. The molecule has 2 aromatic carbocycles. The SMILES string of the molecule is Cc1ccc(NC(=S)N(C)[C@H](C)c2nc3ccccc3s2)cc1C. The molecule has 0 aliphatic heterocycles. The third kappa shape index (κ3) is 3.42. The maximum atomic E-state index is 5.58. The summed E-state index contributed by atoms with van der Waals surface area (Å²) in [7, 11) is 2.01. The largest absolute Gasteiger partial charge is 0.343 e. The van der Waals surface area contributed by atoms with Crippen molar-refractivity contribution in [2.45, 2.75) is 26.8 Å². The van der Waals surface area contributed by atoms with E-state index in [9.17, 15) is 0 Å². The van der Waals surface area contributed by atoms with Crippen molar-refractivity contribution in [3.05, 3.63) is 58.6 Å². The number of hydrogen-bond donors (Lipinski definition) is 1. The fourth-order valence-corrected chi connectivity index (χ4v) is 3.78. The van der Waals surface area contributed by atoms with Crippen LogP contribution in [0, 0.1) is 13.8 Å². The predicted octanol–water partition coefficient (Wildman–Crippen LogP) is 5.30. The van der Waals surface area contributed by atoms with E-state index in [1.54, 1.807) is 11.3 Å². The van der Waals surface area contributed by atoms with Crippen LogP contribution in [-0.4, -0.2) is 22.0 Å². The van der Waals surface area contributed by atoms with Gasteiger partial charge in [0.15, 0.2) is 5.11 Å². The minimum Gasteiger partial charge on any atom is -0.343 e. The van der Waals surface area contributed by atoms with Crippen LogP contribution in [0.4, 0.5) is 5.69 Å². The summed E-state index contributed by atoms with van der Waals surface area (Å²) in [6.07, 6.45) is 0. The van der Waals surface area contributed by atoms with Gasteiger partial charge >= 0.3 is 0 Å². The van der Waals surface area contributed by atoms with Crippen LogP contribution in [-0.2, 0) is 0 Å². The molecule has 24 heavy (non-hydrogen) atoms. The van der Waals surface area contributed by atoms with Gasteiger partial charge in [-0.15, -0.1) is 11.3 Å². The molecule has 3 aromatic rings. The van der Waals surface area contributed by atoms with Crippen LogP contribution in [0.25, 0.3) is 10.2 Å². The highest BCUT2D eigenvalue weighted by atomic mass is 32.1. The second-order valence-corrected chi connectivity index (χ2v) is 7.48. The number of nitrogens with one attached hydrogen (secondary N) is 1. The number of thiazole rings is 1. The Hall–Kier alpha value is -1.98. The van der Waals surface area contributed by atoms with E-state index in [2.05, 4.69) is 55.3 Å². The third-order valence-electron chi connectivity index (χ3n) is 4.33. The van der Waals surface area contributed by atoms with Crippen molar-refractivity contribution in [3.63, 3.8) is 0 Å². The molecule has 0 fully saturated rings. The maximum absolute atomic E-state index is 5.58. The second kappa shape index (κ2) is 6.87. The lowest BCUT2D eigenvalue weighted by atomic mass is 10.1. The standard InChI is InChI=1S/C19H21N3S2/c1-12-9-10-15(11-13(12)2)20-19(23)22(4)14(3)18-21-16-7-5-6-8-17(16)24-18/h5-11,14H,1-4H3,(H,20,23)/t14-/m1/s1. The van der Waals surface area contributed by atoms with Gasteiger partial charge < -0.3 is 10.2 Å². The average Bonchev–Trinajstić information content (AvgIpc) is 3.01. The Morgan fingerprint density at radius 1 is 1.17 bits per heavy atom. The van der Waals surface area contributed by atoms with Gasteiger partial charge in [-0.25, -0.2) is 4.98 Å². The van der Waals surface area contributed by atoms with Crippen molar-refractivity contribution in [1.82, 2.24) is 9.88 Å². The first kappa shape index (κ1) is 16.9. The summed E-state index contributed by atoms with van der Waals surface area (Å²) in [6, 6.07) is 14.6. The number of aryl methyl sites for hydroxylation is 2. The Labute approximate surface area is 152 Å². The van der Waals surface area contributed by atoms with Gasteiger partial charge in [0, 0.05) is 12.7 Å². The number of hydrogen-bond acceptors (Lipinski definition) is 3. The van der Waals surface area contributed by atoms with E-state index in [4.69, 9.17) is 17.2 Å². The summed E-state index contributed by atoms with van der Waals surface area (Å²) in [5.74, 6) is 0. The molecule has 0 amide bonds. The van der Waals surface area contributed by atoms with Crippen LogP contribution in [0.2, 0.25) is 0 Å². The summed E-state index contributed by atoms with van der Waals surface area (Å²) in [4.78, 5) is 6.80. The number of benzene rings is 2. The summed E-state index contributed by atoms with van der Waals surface area (Å²) in [6.45, 7) is 6.35. The summed E-state index contributed by atoms with van der Waals surface area (Å²) in [5.41, 5.74) is 4.60. The number of fused-ring (bicyclic) bond motifs is 1. The van der Waals surface area contributed by atoms with Crippen LogP contribution in [0.1, 0.15) is 29.1 Å². The third-order valence-corrected chi connectivity index (χ3v) is 5.92. The second-order valence-electron chi connectivity index (χ2n) is 6.04. The van der Waals surface area contributed by atoms with Crippen LogP contribution >= 0.6 is 23.6 Å². The van der Waals surface area contributed by atoms with E-state index in [1.807, 2.05) is 25.2 Å². The summed E-state index contributed by atoms with van der Waals surface area (Å²) >= 11 is 7.31. The van der Waals surface area contributed by atoms with Crippen LogP contribution in [0.5, 0.6) is 0 Å². The van der Waals surface area contributed by atoms with Crippen molar-refractivity contribution < 1.29 is 0 Å². The van der Waals surface area contributed by atoms with E-state index < -0.39 is 0 Å². The van der Waals surface area contributed by atoms with Gasteiger partial charge in [0.2, 0.25) is 0 Å². The maximum Gasteiger partial charge on any atom is 0.173 e. The van der Waals surface area contributed by atoms with E-state index in [0.717, 1.165) is 16.2 Å². The number of nitrogens with zero attached hydrogens (tertiary/aromatic N) is 2. The van der Waals surface area contributed by atoms with E-state index in [0.29, 0.717) is 5.11 Å². The van der Waals surface area contributed by atoms with Crippen LogP contribution < -0.4 is 5.32 Å². The van der Waals surface area contributed by atoms with Crippen molar-refractivity contribution in [3.8, 4) is 0 Å². The zero-order valence-electron chi connectivity index (χ0n) is 14.3. The number of para-hydroxylation sites is 1. The first-order valence-corrected chi connectivity index (χ1v) is 9.14. The number of anilines is 1. The van der Waals surface area contributed by atoms with Gasteiger partial charge in [0.25, 0.3) is 0 Å². The molecule has 0 saturated carbocycles. The molecule has 0 aliphatic rings. The molecule has 0 unspecified atom stereocenters. The molecule has 1 heterocycles. The Balaban J connectivity index is 1.75. The predicted molar refractivity (Wildman–Crippen MR) is 108 cm³/mol. The first-order chi connectivity index (χ1) is 11.5. The smallest absolute Gasteiger partial charge is 0.173 e. The molecule has 0 bridgehead atoms. The van der Waals surface area contributed by atoms with Gasteiger partial charge in [-0.2, -0.15) is 0 Å². The Bertz CT molecular complexity index is 852. The molecule has 1 aromatic heterocycles. The molecule has 3 nitrogen and oxygen atoms in total. The average molecular weight is 356 g/mol. The Morgan fingerprint density at radius 3 is 2.62 bits per heavy atom. The van der Waals surface area contributed by atoms with Crippen molar-refractivity contribution in [2.24, 2.45) is 0 Å². The highest BCUT2D eigenvalue weighted by molar-refractivity contribution is 7.80. The molecule has 0 aliphatic carbocycles. The fraction of sp³-hybridized carbons (Fsp3) is 0.263. The number of rotatable bonds is 3. The number of aromatic nitrogens is 1. The van der Waals surface area contributed by atoms with Crippen LogP contribution in [0.15, 0.2) is 42.5 Å². The molecule has 124 valence electrons. The van der Waals surface area contributed by atoms with E-state index in [1.165, 1.54) is 15.8 Å². The lowest BCUT2D eigenvalue weighted by Crippen LogP contribution is -2.33. The van der Waals surface area contributed by atoms with Gasteiger partial charge in [-0.05, 0) is 68.4 Å². The lowest BCUT2D eigenvalue weighted by molar-refractivity contribution is 0.407. The Morgan fingerprint density at radius 2 is 1.92 bits per heavy atom. The zero-order valence-corrected chi connectivity index (χ0v) is 16.0. The van der Waals surface area contributed by atoms with Crippen molar-refractivity contribution >= 4 is 44.6 Å². The van der Waals surface area contributed by atoms with E-state index >= 15 is 0 Å². The van der Waals surface area contributed by atoms with Crippen LogP contribution in [0.3, 0.4) is 0 Å². The molecule has 5 heteroatoms. The minimum atomic E-state index is 0.119. The molecule has 0 spiro atoms. The molecular weight excluding hydrogens is 334 g/mol. The monoisotopic (exact) mass is 355 g/mol. The molecule has 1 N–H and O–H groups in total. The molecule has 0 saturated heterocycles. The first-order valence-electron chi connectivity index (χ1n) is 7.92.